The number of halogens is 2. The van der Waals surface area contributed by atoms with Crippen LogP contribution in [0.25, 0.3) is 17.2 Å². The lowest BCUT2D eigenvalue weighted by atomic mass is 10.2. The van der Waals surface area contributed by atoms with Gasteiger partial charge in [-0.2, -0.15) is 4.68 Å². The molecule has 0 aliphatic carbocycles. The fourth-order valence-electron chi connectivity index (χ4n) is 1.71. The number of anilines is 1. The van der Waals surface area contributed by atoms with E-state index in [2.05, 4.69) is 15.1 Å². The molecule has 0 fully saturated rings. The van der Waals surface area contributed by atoms with Crippen molar-refractivity contribution in [3.05, 3.63) is 53.7 Å². The molecule has 0 spiro atoms. The molecule has 2 aromatic heterocycles. The molecule has 0 unspecified atom stereocenters. The first-order valence-corrected chi connectivity index (χ1v) is 6.10. The van der Waals surface area contributed by atoms with Crippen LogP contribution >= 0.6 is 11.6 Å². The Bertz CT molecular complexity index is 754. The van der Waals surface area contributed by atoms with Crippen LogP contribution in [0.4, 0.5) is 10.1 Å². The predicted molar refractivity (Wildman–Crippen MR) is 74.0 cm³/mol. The van der Waals surface area contributed by atoms with Crippen LogP contribution in [0, 0.1) is 5.82 Å². The summed E-state index contributed by atoms with van der Waals surface area (Å²) < 4.78 is 15.0. The van der Waals surface area contributed by atoms with Gasteiger partial charge in [0.25, 0.3) is 0 Å². The van der Waals surface area contributed by atoms with Crippen molar-refractivity contribution in [2.45, 2.75) is 0 Å². The maximum absolute atomic E-state index is 13.7. The second-order valence-electron chi connectivity index (χ2n) is 4.09. The maximum atomic E-state index is 13.7. The van der Waals surface area contributed by atoms with Crippen LogP contribution < -0.4 is 5.73 Å². The van der Waals surface area contributed by atoms with Gasteiger partial charge in [0.15, 0.2) is 17.5 Å². The first-order chi connectivity index (χ1) is 9.63. The minimum atomic E-state index is -0.564. The summed E-state index contributed by atoms with van der Waals surface area (Å²) in [5, 5.41) is 4.42. The Labute approximate surface area is 118 Å². The third-order valence-electron chi connectivity index (χ3n) is 2.67. The Morgan fingerprint density at radius 1 is 1.15 bits per heavy atom. The standard InChI is InChI=1S/C13H9ClFN5/c14-9-5-11(15)13(17-6-9)20-7-18-12(19-20)8-1-3-10(16)4-2-8/h1-7H,16H2. The van der Waals surface area contributed by atoms with Crippen molar-refractivity contribution in [3.8, 4) is 17.2 Å². The highest BCUT2D eigenvalue weighted by atomic mass is 35.5. The van der Waals surface area contributed by atoms with E-state index in [-0.39, 0.29) is 10.8 Å². The first kappa shape index (κ1) is 12.6. The second kappa shape index (κ2) is 4.90. The number of nitrogen functional groups attached to an aromatic ring is 1. The van der Waals surface area contributed by atoms with Gasteiger partial charge in [-0.15, -0.1) is 5.10 Å². The SMILES string of the molecule is Nc1ccc(-c2ncn(-c3ncc(Cl)cc3F)n2)cc1. The number of benzene rings is 1. The molecule has 0 bridgehead atoms. The third-order valence-corrected chi connectivity index (χ3v) is 2.87. The molecular formula is C13H9ClFN5. The van der Waals surface area contributed by atoms with E-state index >= 15 is 0 Å². The molecule has 0 saturated carbocycles. The predicted octanol–water partition coefficient (Wildman–Crippen LogP) is 2.70. The van der Waals surface area contributed by atoms with Crippen molar-refractivity contribution in [3.63, 3.8) is 0 Å². The molecule has 0 aliphatic rings. The summed E-state index contributed by atoms with van der Waals surface area (Å²) >= 11 is 5.66. The van der Waals surface area contributed by atoms with Crippen LogP contribution in [0.2, 0.25) is 5.02 Å². The third kappa shape index (κ3) is 2.33. The van der Waals surface area contributed by atoms with E-state index in [1.54, 1.807) is 24.3 Å². The summed E-state index contributed by atoms with van der Waals surface area (Å²) in [6.07, 6.45) is 2.75. The van der Waals surface area contributed by atoms with Gasteiger partial charge in [0.2, 0.25) is 0 Å². The zero-order valence-electron chi connectivity index (χ0n) is 10.2. The lowest BCUT2D eigenvalue weighted by molar-refractivity contribution is 0.600. The summed E-state index contributed by atoms with van der Waals surface area (Å²) in [5.74, 6) is -0.0593. The molecule has 3 rings (SSSR count). The zero-order valence-corrected chi connectivity index (χ0v) is 10.9. The van der Waals surface area contributed by atoms with Gasteiger partial charge < -0.3 is 5.73 Å². The Balaban J connectivity index is 1.99. The molecule has 5 nitrogen and oxygen atoms in total. The minimum Gasteiger partial charge on any atom is -0.399 e. The average molecular weight is 290 g/mol. The quantitative estimate of drug-likeness (QED) is 0.736. The largest absolute Gasteiger partial charge is 0.399 e. The van der Waals surface area contributed by atoms with Gasteiger partial charge in [-0.05, 0) is 30.3 Å². The van der Waals surface area contributed by atoms with Crippen LogP contribution in [0.5, 0.6) is 0 Å². The van der Waals surface area contributed by atoms with E-state index in [0.29, 0.717) is 11.5 Å². The molecule has 0 radical (unpaired) electrons. The van der Waals surface area contributed by atoms with Gasteiger partial charge >= 0.3 is 0 Å². The Hall–Kier alpha value is -2.47. The molecule has 0 saturated heterocycles. The monoisotopic (exact) mass is 289 g/mol. The number of hydrogen-bond acceptors (Lipinski definition) is 4. The number of nitrogens with zero attached hydrogens (tertiary/aromatic N) is 4. The molecule has 0 amide bonds. The molecule has 100 valence electrons. The topological polar surface area (TPSA) is 69.6 Å². The van der Waals surface area contributed by atoms with Gasteiger partial charge in [0.05, 0.1) is 5.02 Å². The normalized spacial score (nSPS) is 10.7. The highest BCUT2D eigenvalue weighted by Crippen LogP contribution is 2.18. The van der Waals surface area contributed by atoms with E-state index in [1.807, 2.05) is 0 Å². The molecule has 20 heavy (non-hydrogen) atoms. The molecule has 3 aromatic rings. The van der Waals surface area contributed by atoms with E-state index in [4.69, 9.17) is 17.3 Å². The van der Waals surface area contributed by atoms with Gasteiger partial charge in [-0.25, -0.2) is 14.4 Å². The lowest BCUT2D eigenvalue weighted by Crippen LogP contribution is -2.01. The van der Waals surface area contributed by atoms with Crippen molar-refractivity contribution in [2.75, 3.05) is 5.73 Å². The molecule has 0 aliphatic heterocycles. The molecular weight excluding hydrogens is 281 g/mol. The van der Waals surface area contributed by atoms with Crippen LogP contribution in [0.3, 0.4) is 0 Å². The Morgan fingerprint density at radius 3 is 2.60 bits per heavy atom. The van der Waals surface area contributed by atoms with Crippen molar-refractivity contribution in [2.24, 2.45) is 0 Å². The molecule has 0 atom stereocenters. The number of pyridine rings is 1. The van der Waals surface area contributed by atoms with Crippen molar-refractivity contribution in [1.82, 2.24) is 19.7 Å². The van der Waals surface area contributed by atoms with E-state index < -0.39 is 5.82 Å². The number of rotatable bonds is 2. The lowest BCUT2D eigenvalue weighted by Gasteiger charge is -2.01. The van der Waals surface area contributed by atoms with E-state index in [0.717, 1.165) is 5.56 Å². The van der Waals surface area contributed by atoms with Gasteiger partial charge in [-0.3, -0.25) is 0 Å². The summed E-state index contributed by atoms with van der Waals surface area (Å²) in [4.78, 5) is 8.03. The summed E-state index contributed by atoms with van der Waals surface area (Å²) in [7, 11) is 0. The summed E-state index contributed by atoms with van der Waals surface area (Å²) in [5.41, 5.74) is 7.05. The molecule has 2 N–H and O–H groups in total. The molecule has 2 heterocycles. The number of hydrogen-bond donors (Lipinski definition) is 1. The fourth-order valence-corrected chi connectivity index (χ4v) is 1.85. The van der Waals surface area contributed by atoms with Gasteiger partial charge in [-0.1, -0.05) is 11.6 Å². The summed E-state index contributed by atoms with van der Waals surface area (Å²) in [6.45, 7) is 0. The number of aromatic nitrogens is 4. The average Bonchev–Trinajstić information content (AvgIpc) is 2.89. The van der Waals surface area contributed by atoms with Gasteiger partial charge in [0, 0.05) is 17.4 Å². The second-order valence-corrected chi connectivity index (χ2v) is 4.53. The number of nitrogens with two attached hydrogens (primary N) is 1. The van der Waals surface area contributed by atoms with Crippen molar-refractivity contribution in [1.29, 1.82) is 0 Å². The zero-order chi connectivity index (χ0) is 14.1. The summed E-state index contributed by atoms with van der Waals surface area (Å²) in [6, 6.07) is 8.25. The highest BCUT2D eigenvalue weighted by molar-refractivity contribution is 6.30. The van der Waals surface area contributed by atoms with Crippen LogP contribution in [0.15, 0.2) is 42.9 Å². The van der Waals surface area contributed by atoms with Gasteiger partial charge in [0.1, 0.15) is 6.33 Å². The van der Waals surface area contributed by atoms with Crippen LogP contribution in [-0.4, -0.2) is 19.7 Å². The molecule has 7 heteroatoms. The smallest absolute Gasteiger partial charge is 0.191 e. The first-order valence-electron chi connectivity index (χ1n) is 5.72. The molecule has 1 aromatic carbocycles. The maximum Gasteiger partial charge on any atom is 0.191 e. The van der Waals surface area contributed by atoms with E-state index in [1.165, 1.54) is 23.3 Å². The minimum absolute atomic E-state index is 0.0450. The van der Waals surface area contributed by atoms with Crippen LogP contribution in [-0.2, 0) is 0 Å². The van der Waals surface area contributed by atoms with Crippen molar-refractivity contribution >= 4 is 17.3 Å². The highest BCUT2D eigenvalue weighted by Gasteiger charge is 2.10. The van der Waals surface area contributed by atoms with E-state index in [9.17, 15) is 4.39 Å². The Kier molecular flexibility index (Phi) is 3.08. The Morgan fingerprint density at radius 2 is 1.90 bits per heavy atom. The fraction of sp³-hybridized carbons (Fsp3) is 0. The van der Waals surface area contributed by atoms with Crippen molar-refractivity contribution < 1.29 is 4.39 Å². The van der Waals surface area contributed by atoms with Crippen LogP contribution in [0.1, 0.15) is 0 Å².